The van der Waals surface area contributed by atoms with Crippen LogP contribution >= 0.6 is 11.6 Å². The van der Waals surface area contributed by atoms with E-state index in [0.29, 0.717) is 11.1 Å². The number of carbonyl (C=O) groups is 3. The number of fused-ring (bicyclic) bond motifs is 1. The van der Waals surface area contributed by atoms with Gasteiger partial charge >= 0.3 is 5.97 Å². The quantitative estimate of drug-likeness (QED) is 0.476. The van der Waals surface area contributed by atoms with Crippen molar-refractivity contribution in [3.8, 4) is 0 Å². The van der Waals surface area contributed by atoms with E-state index < -0.39 is 29.1 Å². The number of amides is 2. The Bertz CT molecular complexity index is 1150. The molecule has 2 aliphatic rings. The second-order valence-electron chi connectivity index (χ2n) is 7.52. The van der Waals surface area contributed by atoms with Crippen LogP contribution in [0.5, 0.6) is 0 Å². The molecular weight excluding hydrogens is 458 g/mol. The predicted octanol–water partition coefficient (Wildman–Crippen LogP) is 2.07. The summed E-state index contributed by atoms with van der Waals surface area (Å²) < 4.78 is 11.2. The number of hydrogen-bond donors (Lipinski definition) is 2. The van der Waals surface area contributed by atoms with Crippen LogP contribution in [0, 0.1) is 10.1 Å². The van der Waals surface area contributed by atoms with Gasteiger partial charge in [-0.05, 0) is 23.8 Å². The third-order valence-corrected chi connectivity index (χ3v) is 5.62. The summed E-state index contributed by atoms with van der Waals surface area (Å²) >= 11 is 5.91. The van der Waals surface area contributed by atoms with Crippen LogP contribution in [0.3, 0.4) is 0 Å². The number of benzene rings is 2. The van der Waals surface area contributed by atoms with Crippen molar-refractivity contribution in [2.75, 3.05) is 19.8 Å². The van der Waals surface area contributed by atoms with Crippen LogP contribution in [-0.2, 0) is 16.0 Å². The van der Waals surface area contributed by atoms with Crippen LogP contribution in [0.25, 0.3) is 0 Å². The standard InChI is InChI=1S/C21H18ClN3O8/c22-16-6-15-11(5-17(16)25(30)31)7-24(20(15)27)8-18-32-9-12(10-33-18)23-19(26)13-3-1-2-4-14(13)21(28)29/h1-6,12,18H,7-10H2,(H,23,26)(H,28,29)/t12-,18+. The second-order valence-corrected chi connectivity index (χ2v) is 7.93. The minimum Gasteiger partial charge on any atom is -0.478 e. The Labute approximate surface area is 192 Å². The van der Waals surface area contributed by atoms with E-state index in [1.165, 1.54) is 35.2 Å². The molecule has 0 unspecified atom stereocenters. The van der Waals surface area contributed by atoms with Gasteiger partial charge in [0.1, 0.15) is 5.02 Å². The molecule has 0 saturated carbocycles. The van der Waals surface area contributed by atoms with Crippen molar-refractivity contribution in [1.82, 2.24) is 10.2 Å². The van der Waals surface area contributed by atoms with Crippen LogP contribution in [-0.4, -0.2) is 64.8 Å². The van der Waals surface area contributed by atoms with Crippen LogP contribution in [0.1, 0.15) is 36.6 Å². The third-order valence-electron chi connectivity index (χ3n) is 5.32. The van der Waals surface area contributed by atoms with E-state index in [2.05, 4.69) is 5.32 Å². The van der Waals surface area contributed by atoms with Crippen molar-refractivity contribution < 1.29 is 33.9 Å². The Balaban J connectivity index is 1.33. The van der Waals surface area contributed by atoms with Gasteiger partial charge in [0.05, 0.1) is 41.9 Å². The fourth-order valence-corrected chi connectivity index (χ4v) is 3.95. The summed E-state index contributed by atoms with van der Waals surface area (Å²) in [6.07, 6.45) is -0.756. The van der Waals surface area contributed by atoms with E-state index >= 15 is 0 Å². The maximum absolute atomic E-state index is 12.6. The van der Waals surface area contributed by atoms with E-state index in [9.17, 15) is 29.6 Å². The van der Waals surface area contributed by atoms with E-state index in [1.807, 2.05) is 0 Å². The van der Waals surface area contributed by atoms with Gasteiger partial charge in [0.25, 0.3) is 17.5 Å². The first-order valence-corrected chi connectivity index (χ1v) is 10.2. The Morgan fingerprint density at radius 3 is 2.52 bits per heavy atom. The highest BCUT2D eigenvalue weighted by Gasteiger charge is 2.34. The summed E-state index contributed by atoms with van der Waals surface area (Å²) in [6, 6.07) is 7.93. The number of aromatic carboxylic acids is 1. The third kappa shape index (κ3) is 4.65. The molecule has 0 aromatic heterocycles. The van der Waals surface area contributed by atoms with Gasteiger partial charge in [-0.3, -0.25) is 19.7 Å². The molecule has 1 saturated heterocycles. The Kier molecular flexibility index (Phi) is 6.27. The van der Waals surface area contributed by atoms with Gasteiger partial charge in [0.15, 0.2) is 6.29 Å². The normalized spacial score (nSPS) is 19.8. The Morgan fingerprint density at radius 2 is 1.88 bits per heavy atom. The predicted molar refractivity (Wildman–Crippen MR) is 113 cm³/mol. The zero-order valence-corrected chi connectivity index (χ0v) is 17.8. The van der Waals surface area contributed by atoms with Crippen molar-refractivity contribution in [3.05, 3.63) is 73.8 Å². The molecule has 11 nitrogen and oxygen atoms in total. The van der Waals surface area contributed by atoms with Crippen LogP contribution < -0.4 is 5.32 Å². The van der Waals surface area contributed by atoms with Gasteiger partial charge in [0, 0.05) is 18.2 Å². The number of nitro benzene ring substituents is 1. The lowest BCUT2D eigenvalue weighted by molar-refractivity contribution is -0.384. The molecule has 0 atom stereocenters. The lowest BCUT2D eigenvalue weighted by Gasteiger charge is -2.32. The number of hydrogen-bond acceptors (Lipinski definition) is 7. The number of carbonyl (C=O) groups excluding carboxylic acids is 2. The lowest BCUT2D eigenvalue weighted by atomic mass is 10.1. The molecule has 2 aliphatic heterocycles. The summed E-state index contributed by atoms with van der Waals surface area (Å²) in [5.41, 5.74) is 0.439. The monoisotopic (exact) mass is 475 g/mol. The fourth-order valence-electron chi connectivity index (χ4n) is 3.71. The zero-order chi connectivity index (χ0) is 23.7. The maximum atomic E-state index is 12.6. The number of nitrogens with zero attached hydrogens (tertiary/aromatic N) is 2. The molecule has 2 N–H and O–H groups in total. The summed E-state index contributed by atoms with van der Waals surface area (Å²) in [7, 11) is 0. The molecule has 0 spiro atoms. The molecule has 2 heterocycles. The van der Waals surface area contributed by atoms with Crippen molar-refractivity contribution >= 4 is 35.1 Å². The molecule has 2 amide bonds. The second kappa shape index (κ2) is 9.14. The number of ether oxygens (including phenoxy) is 2. The van der Waals surface area contributed by atoms with Crippen molar-refractivity contribution in [2.45, 2.75) is 18.9 Å². The maximum Gasteiger partial charge on any atom is 0.336 e. The first-order chi connectivity index (χ1) is 15.7. The van der Waals surface area contributed by atoms with Gasteiger partial charge in [-0.1, -0.05) is 23.7 Å². The largest absolute Gasteiger partial charge is 0.478 e. The summed E-state index contributed by atoms with van der Waals surface area (Å²) in [6.45, 7) is 0.429. The summed E-state index contributed by atoms with van der Waals surface area (Å²) in [4.78, 5) is 48.3. The van der Waals surface area contributed by atoms with E-state index in [1.54, 1.807) is 6.07 Å². The highest BCUT2D eigenvalue weighted by atomic mass is 35.5. The SMILES string of the molecule is O=C(O)c1ccccc1C(=O)N[C@H]1CO[C@@H](CN2Cc3cc([N+](=O)[O-])c(Cl)cc3C2=O)OC1. The number of carboxylic acid groups (broad SMARTS) is 1. The van der Waals surface area contributed by atoms with E-state index in [-0.39, 0.29) is 54.0 Å². The molecule has 0 bridgehead atoms. The average molecular weight is 476 g/mol. The van der Waals surface area contributed by atoms with Gasteiger partial charge in [-0.25, -0.2) is 4.79 Å². The minimum atomic E-state index is -1.21. The number of rotatable bonds is 6. The van der Waals surface area contributed by atoms with Gasteiger partial charge in [-0.2, -0.15) is 0 Å². The van der Waals surface area contributed by atoms with Gasteiger partial charge in [0.2, 0.25) is 0 Å². The minimum absolute atomic E-state index is 0.0281. The van der Waals surface area contributed by atoms with Gasteiger partial charge < -0.3 is 24.8 Å². The molecule has 4 rings (SSSR count). The first-order valence-electron chi connectivity index (χ1n) is 9.87. The molecule has 0 radical (unpaired) electrons. The number of halogens is 1. The topological polar surface area (TPSA) is 148 Å². The lowest BCUT2D eigenvalue weighted by Crippen LogP contribution is -2.49. The molecule has 1 fully saturated rings. The Morgan fingerprint density at radius 1 is 1.21 bits per heavy atom. The molecule has 2 aromatic carbocycles. The smallest absolute Gasteiger partial charge is 0.336 e. The number of nitrogens with one attached hydrogen (secondary N) is 1. The molecule has 0 aliphatic carbocycles. The Hall–Kier alpha value is -3.54. The molecule has 12 heteroatoms. The molecule has 172 valence electrons. The van der Waals surface area contributed by atoms with E-state index in [0.717, 1.165) is 0 Å². The van der Waals surface area contributed by atoms with Crippen LogP contribution in [0.2, 0.25) is 5.02 Å². The molecular formula is C21H18ClN3O8. The number of nitro groups is 1. The van der Waals surface area contributed by atoms with Crippen molar-refractivity contribution in [3.63, 3.8) is 0 Å². The van der Waals surface area contributed by atoms with Crippen LogP contribution in [0.4, 0.5) is 5.69 Å². The van der Waals surface area contributed by atoms with Crippen LogP contribution in [0.15, 0.2) is 36.4 Å². The van der Waals surface area contributed by atoms with Crippen molar-refractivity contribution in [1.29, 1.82) is 0 Å². The zero-order valence-electron chi connectivity index (χ0n) is 17.0. The fraction of sp³-hybridized carbons (Fsp3) is 0.286. The summed E-state index contributed by atoms with van der Waals surface area (Å²) in [5, 5.41) is 22.9. The highest BCUT2D eigenvalue weighted by Crippen LogP contribution is 2.33. The van der Waals surface area contributed by atoms with Gasteiger partial charge in [-0.15, -0.1) is 0 Å². The van der Waals surface area contributed by atoms with E-state index in [4.69, 9.17) is 21.1 Å². The molecule has 33 heavy (non-hydrogen) atoms. The van der Waals surface area contributed by atoms with Crippen molar-refractivity contribution in [2.24, 2.45) is 0 Å². The highest BCUT2D eigenvalue weighted by molar-refractivity contribution is 6.33. The first kappa shape index (κ1) is 22.6. The average Bonchev–Trinajstić information content (AvgIpc) is 3.08. The number of carboxylic acids is 1. The summed E-state index contributed by atoms with van der Waals surface area (Å²) in [5.74, 6) is -2.11. The molecule has 2 aromatic rings.